The molecular weight excluding hydrogens is 348 g/mol. The Bertz CT molecular complexity index is 453. The van der Waals surface area contributed by atoms with Crippen LogP contribution in [0, 0.1) is 9.39 Å². The first-order valence-corrected chi connectivity index (χ1v) is 7.10. The number of aliphatic hydroxyl groups excluding tert-OH is 1. The summed E-state index contributed by atoms with van der Waals surface area (Å²) in [5, 5.41) is 12.6. The third kappa shape index (κ3) is 3.20. The summed E-state index contributed by atoms with van der Waals surface area (Å²) in [6.07, 6.45) is 3.07. The van der Waals surface area contributed by atoms with Crippen LogP contribution in [0.1, 0.15) is 36.0 Å². The summed E-state index contributed by atoms with van der Waals surface area (Å²) in [6, 6.07) is 3.88. The summed E-state index contributed by atoms with van der Waals surface area (Å²) in [5.74, 6) is -0.598. The molecule has 0 saturated heterocycles. The van der Waals surface area contributed by atoms with E-state index < -0.39 is 6.10 Å². The average Bonchev–Trinajstić information content (AvgIpc) is 2.32. The number of hydrogen-bond donors (Lipinski definition) is 2. The first-order chi connectivity index (χ1) is 8.58. The van der Waals surface area contributed by atoms with E-state index in [4.69, 9.17) is 0 Å². The average molecular weight is 363 g/mol. The zero-order chi connectivity index (χ0) is 13.1. The molecule has 18 heavy (non-hydrogen) atoms. The molecule has 2 atom stereocenters. The maximum Gasteiger partial charge on any atom is 0.252 e. The van der Waals surface area contributed by atoms with Crippen molar-refractivity contribution in [3.05, 3.63) is 33.1 Å². The van der Waals surface area contributed by atoms with Gasteiger partial charge in [-0.3, -0.25) is 4.79 Å². The minimum Gasteiger partial charge on any atom is -0.391 e. The van der Waals surface area contributed by atoms with E-state index in [2.05, 4.69) is 5.32 Å². The highest BCUT2D eigenvalue weighted by atomic mass is 127. The van der Waals surface area contributed by atoms with Crippen LogP contribution in [-0.2, 0) is 0 Å². The van der Waals surface area contributed by atoms with Gasteiger partial charge in [-0.05, 0) is 53.6 Å². The van der Waals surface area contributed by atoms with Gasteiger partial charge in [0.15, 0.2) is 0 Å². The van der Waals surface area contributed by atoms with Crippen molar-refractivity contribution in [3.63, 3.8) is 0 Å². The molecular formula is C13H15FINO2. The minimum absolute atomic E-state index is 0.188. The Balaban J connectivity index is 2.07. The molecule has 0 heterocycles. The Kier molecular flexibility index (Phi) is 4.55. The predicted octanol–water partition coefficient (Wildman–Crippen LogP) is 2.46. The largest absolute Gasteiger partial charge is 0.391 e. The normalized spacial score (nSPS) is 23.7. The molecule has 1 aliphatic carbocycles. The number of carbonyl (C=O) groups is 1. The van der Waals surface area contributed by atoms with Crippen LogP contribution in [0.15, 0.2) is 18.2 Å². The van der Waals surface area contributed by atoms with Gasteiger partial charge in [0.2, 0.25) is 0 Å². The summed E-state index contributed by atoms with van der Waals surface area (Å²) < 4.78 is 13.5. The highest BCUT2D eigenvalue weighted by Gasteiger charge is 2.25. The van der Waals surface area contributed by atoms with Crippen LogP contribution in [0.4, 0.5) is 4.39 Å². The number of benzene rings is 1. The highest BCUT2D eigenvalue weighted by molar-refractivity contribution is 14.1. The first-order valence-electron chi connectivity index (χ1n) is 6.02. The number of aliphatic hydroxyl groups is 1. The van der Waals surface area contributed by atoms with Gasteiger partial charge in [0, 0.05) is 3.57 Å². The fourth-order valence-corrected chi connectivity index (χ4v) is 2.92. The van der Waals surface area contributed by atoms with Crippen molar-refractivity contribution in [1.29, 1.82) is 0 Å². The number of rotatable bonds is 2. The summed E-state index contributed by atoms with van der Waals surface area (Å²) >= 11 is 1.94. The van der Waals surface area contributed by atoms with Crippen molar-refractivity contribution < 1.29 is 14.3 Å². The first kappa shape index (κ1) is 13.7. The number of amides is 1. The lowest BCUT2D eigenvalue weighted by atomic mass is 9.92. The Morgan fingerprint density at radius 3 is 2.78 bits per heavy atom. The van der Waals surface area contributed by atoms with E-state index in [1.807, 2.05) is 22.6 Å². The zero-order valence-electron chi connectivity index (χ0n) is 9.83. The Labute approximate surface area is 119 Å². The molecule has 1 aliphatic rings. The third-order valence-corrected chi connectivity index (χ3v) is 4.11. The molecule has 1 aromatic rings. The van der Waals surface area contributed by atoms with Crippen LogP contribution in [0.25, 0.3) is 0 Å². The van der Waals surface area contributed by atoms with Gasteiger partial charge < -0.3 is 10.4 Å². The van der Waals surface area contributed by atoms with Crippen LogP contribution < -0.4 is 5.32 Å². The van der Waals surface area contributed by atoms with Crippen molar-refractivity contribution in [2.75, 3.05) is 0 Å². The van der Waals surface area contributed by atoms with Crippen molar-refractivity contribution in [1.82, 2.24) is 5.32 Å². The van der Waals surface area contributed by atoms with E-state index >= 15 is 0 Å². The Morgan fingerprint density at radius 2 is 2.11 bits per heavy atom. The topological polar surface area (TPSA) is 49.3 Å². The zero-order valence-corrected chi connectivity index (χ0v) is 12.0. The van der Waals surface area contributed by atoms with Crippen molar-refractivity contribution >= 4 is 28.5 Å². The fraction of sp³-hybridized carbons (Fsp3) is 0.462. The van der Waals surface area contributed by atoms with Crippen LogP contribution >= 0.6 is 22.6 Å². The Hall–Kier alpha value is -0.690. The lowest BCUT2D eigenvalue weighted by Gasteiger charge is -2.28. The van der Waals surface area contributed by atoms with Crippen molar-refractivity contribution in [2.24, 2.45) is 0 Å². The molecule has 0 aliphatic heterocycles. The lowest BCUT2D eigenvalue weighted by molar-refractivity contribution is 0.0716. The molecule has 1 amide bonds. The molecule has 0 aromatic heterocycles. The van der Waals surface area contributed by atoms with E-state index in [1.165, 1.54) is 18.2 Å². The van der Waals surface area contributed by atoms with Crippen LogP contribution in [-0.4, -0.2) is 23.2 Å². The Morgan fingerprint density at radius 1 is 1.39 bits per heavy atom. The molecule has 2 rings (SSSR count). The van der Waals surface area contributed by atoms with Gasteiger partial charge in [-0.25, -0.2) is 4.39 Å². The lowest BCUT2D eigenvalue weighted by Crippen LogP contribution is -2.45. The second kappa shape index (κ2) is 5.97. The van der Waals surface area contributed by atoms with Gasteiger partial charge in [0.25, 0.3) is 5.91 Å². The third-order valence-electron chi connectivity index (χ3n) is 3.22. The molecule has 2 N–H and O–H groups in total. The van der Waals surface area contributed by atoms with Crippen molar-refractivity contribution in [3.8, 4) is 0 Å². The molecule has 1 saturated carbocycles. The maximum absolute atomic E-state index is 13.0. The number of nitrogens with one attached hydrogen (secondary N) is 1. The molecule has 1 aromatic carbocycles. The van der Waals surface area contributed by atoms with E-state index in [1.54, 1.807) is 0 Å². The number of hydrogen-bond acceptors (Lipinski definition) is 2. The van der Waals surface area contributed by atoms with Gasteiger partial charge in [-0.1, -0.05) is 12.8 Å². The molecule has 0 spiro atoms. The summed E-state index contributed by atoms with van der Waals surface area (Å²) in [7, 11) is 0. The summed E-state index contributed by atoms with van der Waals surface area (Å²) in [5.41, 5.74) is 0.453. The van der Waals surface area contributed by atoms with Gasteiger partial charge in [0.1, 0.15) is 5.82 Å². The van der Waals surface area contributed by atoms with Crippen LogP contribution in [0.2, 0.25) is 0 Å². The maximum atomic E-state index is 13.0. The molecule has 3 nitrogen and oxygen atoms in total. The van der Waals surface area contributed by atoms with Crippen LogP contribution in [0.3, 0.4) is 0 Å². The minimum atomic E-state index is -0.471. The highest BCUT2D eigenvalue weighted by Crippen LogP contribution is 2.20. The monoisotopic (exact) mass is 363 g/mol. The van der Waals surface area contributed by atoms with E-state index in [9.17, 15) is 14.3 Å². The molecule has 98 valence electrons. The second-order valence-corrected chi connectivity index (χ2v) is 5.72. The van der Waals surface area contributed by atoms with Gasteiger partial charge in [-0.15, -0.1) is 0 Å². The van der Waals surface area contributed by atoms with Crippen LogP contribution in [0.5, 0.6) is 0 Å². The quantitative estimate of drug-likeness (QED) is 0.794. The molecule has 0 bridgehead atoms. The second-order valence-electron chi connectivity index (χ2n) is 4.56. The summed E-state index contributed by atoms with van der Waals surface area (Å²) in [6.45, 7) is 0. The van der Waals surface area contributed by atoms with Gasteiger partial charge >= 0.3 is 0 Å². The van der Waals surface area contributed by atoms with E-state index in [0.29, 0.717) is 9.13 Å². The number of carbonyl (C=O) groups excluding carboxylic acids is 1. The smallest absolute Gasteiger partial charge is 0.252 e. The fourth-order valence-electron chi connectivity index (χ4n) is 2.20. The molecule has 5 heteroatoms. The number of halogens is 2. The SMILES string of the molecule is O=C(N[C@@H]1CCCC[C@H]1O)c1ccc(F)cc1I. The molecule has 1 fully saturated rings. The predicted molar refractivity (Wildman–Crippen MR) is 74.8 cm³/mol. The standard InChI is InChI=1S/C13H15FINO2/c14-8-5-6-9(10(15)7-8)13(18)16-11-3-1-2-4-12(11)17/h5-7,11-12,17H,1-4H2,(H,16,18)/t11-,12-/m1/s1. The summed E-state index contributed by atoms with van der Waals surface area (Å²) in [4.78, 5) is 12.0. The van der Waals surface area contributed by atoms with Gasteiger partial charge in [-0.2, -0.15) is 0 Å². The van der Waals surface area contributed by atoms with E-state index in [-0.39, 0.29) is 17.8 Å². The van der Waals surface area contributed by atoms with E-state index in [0.717, 1.165) is 25.7 Å². The molecule has 0 unspecified atom stereocenters. The van der Waals surface area contributed by atoms with Gasteiger partial charge in [0.05, 0.1) is 17.7 Å². The van der Waals surface area contributed by atoms with Crippen molar-refractivity contribution in [2.45, 2.75) is 37.8 Å². The molecule has 0 radical (unpaired) electrons.